The van der Waals surface area contributed by atoms with Gasteiger partial charge in [0.15, 0.2) is 4.77 Å². The van der Waals surface area contributed by atoms with E-state index in [0.717, 1.165) is 6.54 Å². The minimum absolute atomic E-state index is 0.286. The third kappa shape index (κ3) is 2.21. The quantitative estimate of drug-likeness (QED) is 0.761. The lowest BCUT2D eigenvalue weighted by atomic mass is 10.3. The molecule has 0 amide bonds. The molecule has 2 heterocycles. The average molecular weight is 227 g/mol. The van der Waals surface area contributed by atoms with Gasteiger partial charge in [0.05, 0.1) is 0 Å². The van der Waals surface area contributed by atoms with Crippen molar-refractivity contribution < 1.29 is 0 Å². The molecule has 0 aliphatic carbocycles. The molecule has 5 nitrogen and oxygen atoms in total. The Hall–Kier alpha value is -0.880. The van der Waals surface area contributed by atoms with Crippen molar-refractivity contribution in [1.82, 2.24) is 19.7 Å². The minimum atomic E-state index is 0.286. The third-order valence-electron chi connectivity index (χ3n) is 2.89. The van der Waals surface area contributed by atoms with Gasteiger partial charge < -0.3 is 10.6 Å². The van der Waals surface area contributed by atoms with Crippen LogP contribution in [0.4, 0.5) is 5.95 Å². The van der Waals surface area contributed by atoms with Crippen LogP contribution in [0, 0.1) is 4.77 Å². The zero-order valence-electron chi connectivity index (χ0n) is 8.94. The van der Waals surface area contributed by atoms with Gasteiger partial charge in [0.2, 0.25) is 5.95 Å². The summed E-state index contributed by atoms with van der Waals surface area (Å²) in [7, 11) is 0. The van der Waals surface area contributed by atoms with Crippen molar-refractivity contribution in [1.29, 1.82) is 0 Å². The normalized spacial score (nSPS) is 19.5. The number of nitrogens with two attached hydrogens (primary N) is 1. The molecule has 0 bridgehead atoms. The second-order valence-electron chi connectivity index (χ2n) is 4.11. The maximum atomic E-state index is 5.75. The van der Waals surface area contributed by atoms with Crippen LogP contribution in [-0.2, 0) is 0 Å². The lowest BCUT2D eigenvalue weighted by molar-refractivity contribution is 0.288. The van der Waals surface area contributed by atoms with Crippen molar-refractivity contribution in [3.05, 3.63) is 4.77 Å². The molecule has 0 spiro atoms. The second kappa shape index (κ2) is 4.32. The van der Waals surface area contributed by atoms with E-state index >= 15 is 0 Å². The summed E-state index contributed by atoms with van der Waals surface area (Å²) in [4.78, 5) is 2.44. The average Bonchev–Trinajstić information content (AvgIpc) is 2.77. The van der Waals surface area contributed by atoms with Crippen molar-refractivity contribution in [2.24, 2.45) is 0 Å². The van der Waals surface area contributed by atoms with Crippen LogP contribution in [0.25, 0.3) is 0 Å². The zero-order valence-corrected chi connectivity index (χ0v) is 9.76. The SMILES string of the molecule is CC(CN1CCCC1)n1c(N)n[nH]c1=S. The Morgan fingerprint density at radius 2 is 2.20 bits per heavy atom. The summed E-state index contributed by atoms with van der Waals surface area (Å²) in [6, 6.07) is 0.286. The van der Waals surface area contributed by atoms with Crippen LogP contribution in [0.1, 0.15) is 25.8 Å². The molecule has 84 valence electrons. The molecule has 2 rings (SSSR count). The molecule has 0 aromatic carbocycles. The van der Waals surface area contributed by atoms with Gasteiger partial charge in [0, 0.05) is 12.6 Å². The maximum Gasteiger partial charge on any atom is 0.220 e. The summed E-state index contributed by atoms with van der Waals surface area (Å²) >= 11 is 5.14. The largest absolute Gasteiger partial charge is 0.368 e. The monoisotopic (exact) mass is 227 g/mol. The van der Waals surface area contributed by atoms with Crippen molar-refractivity contribution in [3.8, 4) is 0 Å². The van der Waals surface area contributed by atoms with Gasteiger partial charge in [-0.3, -0.25) is 4.57 Å². The van der Waals surface area contributed by atoms with E-state index < -0.39 is 0 Å². The highest BCUT2D eigenvalue weighted by Gasteiger charge is 2.17. The van der Waals surface area contributed by atoms with E-state index in [9.17, 15) is 0 Å². The minimum Gasteiger partial charge on any atom is -0.368 e. The molecule has 1 fully saturated rings. The zero-order chi connectivity index (χ0) is 10.8. The van der Waals surface area contributed by atoms with Crippen molar-refractivity contribution in [2.75, 3.05) is 25.4 Å². The molecule has 15 heavy (non-hydrogen) atoms. The van der Waals surface area contributed by atoms with E-state index in [-0.39, 0.29) is 6.04 Å². The molecule has 1 aliphatic rings. The Morgan fingerprint density at radius 3 is 2.73 bits per heavy atom. The topological polar surface area (TPSA) is 62.9 Å². The molecule has 0 radical (unpaired) electrons. The van der Waals surface area contributed by atoms with Crippen LogP contribution in [-0.4, -0.2) is 39.3 Å². The van der Waals surface area contributed by atoms with Gasteiger partial charge in [-0.15, -0.1) is 5.10 Å². The Labute approximate surface area is 94.3 Å². The number of hydrogen-bond acceptors (Lipinski definition) is 4. The highest BCUT2D eigenvalue weighted by molar-refractivity contribution is 7.71. The van der Waals surface area contributed by atoms with E-state index in [4.69, 9.17) is 18.0 Å². The summed E-state index contributed by atoms with van der Waals surface area (Å²) in [5, 5.41) is 6.63. The van der Waals surface area contributed by atoms with Crippen LogP contribution < -0.4 is 5.73 Å². The standard InChI is InChI=1S/C9H17N5S/c1-7(6-13-4-2-3-5-13)14-8(10)11-12-9(14)15/h7H,2-6H2,1H3,(H2,10,11)(H,12,15). The van der Waals surface area contributed by atoms with E-state index in [0.29, 0.717) is 10.7 Å². The van der Waals surface area contributed by atoms with Crippen LogP contribution >= 0.6 is 12.2 Å². The van der Waals surface area contributed by atoms with E-state index in [1.807, 2.05) is 4.57 Å². The number of nitrogens with one attached hydrogen (secondary N) is 1. The smallest absolute Gasteiger partial charge is 0.220 e. The maximum absolute atomic E-state index is 5.75. The number of anilines is 1. The number of hydrogen-bond donors (Lipinski definition) is 2. The summed E-state index contributed by atoms with van der Waals surface area (Å²) in [5.74, 6) is 0.478. The number of nitrogen functional groups attached to an aromatic ring is 1. The number of aromatic amines is 1. The van der Waals surface area contributed by atoms with Crippen molar-refractivity contribution >= 4 is 18.2 Å². The van der Waals surface area contributed by atoms with Crippen LogP contribution in [0.15, 0.2) is 0 Å². The number of rotatable bonds is 3. The van der Waals surface area contributed by atoms with E-state index in [1.165, 1.54) is 25.9 Å². The fourth-order valence-corrected chi connectivity index (χ4v) is 2.48. The fraction of sp³-hybridized carbons (Fsp3) is 0.778. The first-order valence-electron chi connectivity index (χ1n) is 5.33. The Morgan fingerprint density at radius 1 is 1.53 bits per heavy atom. The number of likely N-dealkylation sites (tertiary alicyclic amines) is 1. The molecule has 1 aliphatic heterocycles. The number of H-pyrrole nitrogens is 1. The molecule has 1 atom stereocenters. The fourth-order valence-electron chi connectivity index (χ4n) is 2.16. The van der Waals surface area contributed by atoms with E-state index in [1.54, 1.807) is 0 Å². The lowest BCUT2D eigenvalue weighted by Gasteiger charge is -2.21. The molecule has 1 aromatic heterocycles. The molecule has 6 heteroatoms. The molecule has 3 N–H and O–H groups in total. The van der Waals surface area contributed by atoms with Crippen LogP contribution in [0.2, 0.25) is 0 Å². The predicted molar refractivity (Wildman–Crippen MR) is 62.2 cm³/mol. The lowest BCUT2D eigenvalue weighted by Crippen LogP contribution is -2.27. The van der Waals surface area contributed by atoms with Gasteiger partial charge in [-0.25, -0.2) is 5.10 Å². The van der Waals surface area contributed by atoms with Gasteiger partial charge >= 0.3 is 0 Å². The Balaban J connectivity index is 2.07. The summed E-state index contributed by atoms with van der Waals surface area (Å²) in [5.41, 5.74) is 5.75. The van der Waals surface area contributed by atoms with E-state index in [2.05, 4.69) is 22.0 Å². The second-order valence-corrected chi connectivity index (χ2v) is 4.50. The molecule has 0 saturated carbocycles. The molecule has 1 unspecified atom stereocenters. The van der Waals surface area contributed by atoms with Gasteiger partial charge in [0.25, 0.3) is 0 Å². The van der Waals surface area contributed by atoms with Crippen LogP contribution in [0.3, 0.4) is 0 Å². The van der Waals surface area contributed by atoms with Gasteiger partial charge in [-0.2, -0.15) is 0 Å². The molecule has 1 aromatic rings. The van der Waals surface area contributed by atoms with Crippen molar-refractivity contribution in [3.63, 3.8) is 0 Å². The summed E-state index contributed by atoms with van der Waals surface area (Å²) in [6.07, 6.45) is 2.61. The van der Waals surface area contributed by atoms with Gasteiger partial charge in [0.1, 0.15) is 0 Å². The number of nitrogens with zero attached hydrogens (tertiary/aromatic N) is 3. The van der Waals surface area contributed by atoms with Crippen molar-refractivity contribution in [2.45, 2.75) is 25.8 Å². The van der Waals surface area contributed by atoms with Crippen LogP contribution in [0.5, 0.6) is 0 Å². The molecular weight excluding hydrogens is 210 g/mol. The highest BCUT2D eigenvalue weighted by Crippen LogP contribution is 2.16. The molecule has 1 saturated heterocycles. The summed E-state index contributed by atoms with van der Waals surface area (Å²) in [6.45, 7) is 5.50. The third-order valence-corrected chi connectivity index (χ3v) is 3.18. The summed E-state index contributed by atoms with van der Waals surface area (Å²) < 4.78 is 2.49. The van der Waals surface area contributed by atoms with Gasteiger partial charge in [-0.05, 0) is 45.1 Å². The number of aromatic nitrogens is 3. The first-order chi connectivity index (χ1) is 7.18. The highest BCUT2D eigenvalue weighted by atomic mass is 32.1. The first kappa shape index (κ1) is 10.6. The Kier molecular flexibility index (Phi) is 3.06. The van der Waals surface area contributed by atoms with Gasteiger partial charge in [-0.1, -0.05) is 0 Å². The molecular formula is C9H17N5S. The first-order valence-corrected chi connectivity index (χ1v) is 5.74. The Bertz CT molecular complexity index is 376. The predicted octanol–water partition coefficient (Wildman–Crippen LogP) is 1.18.